The van der Waals surface area contributed by atoms with Crippen LogP contribution in [0.3, 0.4) is 0 Å². The van der Waals surface area contributed by atoms with Crippen molar-refractivity contribution >= 4 is 29.5 Å². The monoisotopic (exact) mass is 742 g/mol. The summed E-state index contributed by atoms with van der Waals surface area (Å²) in [5.74, 6) is -1.16. The van der Waals surface area contributed by atoms with E-state index in [2.05, 4.69) is 30.4 Å². The highest BCUT2D eigenvalue weighted by Crippen LogP contribution is 2.42. The van der Waals surface area contributed by atoms with Gasteiger partial charge in [0.25, 0.3) is 5.95 Å². The molecular formula is C34H40F2N8O9. The molecule has 0 atom stereocenters. The summed E-state index contributed by atoms with van der Waals surface area (Å²) < 4.78 is 62.3. The molecular weight excluding hydrogens is 702 g/mol. The van der Waals surface area contributed by atoms with Crippen LogP contribution >= 0.6 is 0 Å². The summed E-state index contributed by atoms with van der Waals surface area (Å²) in [5, 5.41) is 17.0. The first kappa shape index (κ1) is 39.7. The number of carbonyl (C=O) groups excluding carboxylic acids is 2. The molecule has 284 valence electrons. The molecule has 0 fully saturated rings. The van der Waals surface area contributed by atoms with Crippen LogP contribution in [0.2, 0.25) is 0 Å². The summed E-state index contributed by atoms with van der Waals surface area (Å²) in [5.41, 5.74) is 5.43. The third-order valence-corrected chi connectivity index (χ3v) is 6.97. The zero-order valence-electron chi connectivity index (χ0n) is 29.5. The van der Waals surface area contributed by atoms with Gasteiger partial charge in [-0.25, -0.2) is 28.3 Å². The molecule has 4 aromatic rings. The van der Waals surface area contributed by atoms with Crippen molar-refractivity contribution in [2.24, 2.45) is 10.7 Å². The normalized spacial score (nSPS) is 11.5. The van der Waals surface area contributed by atoms with Crippen LogP contribution in [-0.4, -0.2) is 93.9 Å². The molecule has 4 N–H and O–H groups in total. The van der Waals surface area contributed by atoms with Gasteiger partial charge in [0.2, 0.25) is 6.79 Å². The number of rotatable bonds is 18. The molecule has 0 aliphatic heterocycles. The molecule has 4 rings (SSSR count). The number of hydrogen-bond acceptors (Lipinski definition) is 14. The second kappa shape index (κ2) is 18.9. The van der Waals surface area contributed by atoms with Crippen LogP contribution < -0.4 is 25.3 Å². The number of amidine groups is 1. The number of methoxy groups -OCH3 is 1. The summed E-state index contributed by atoms with van der Waals surface area (Å²) in [4.78, 5) is 40.7. The Kier molecular flexibility index (Phi) is 14.2. The van der Waals surface area contributed by atoms with Crippen LogP contribution in [-0.2, 0) is 20.6 Å². The van der Waals surface area contributed by atoms with E-state index in [1.54, 1.807) is 30.3 Å². The van der Waals surface area contributed by atoms with Crippen LogP contribution in [0, 0.1) is 5.82 Å². The third kappa shape index (κ3) is 10.9. The van der Waals surface area contributed by atoms with E-state index in [4.69, 9.17) is 34.2 Å². The lowest BCUT2D eigenvalue weighted by Crippen LogP contribution is -2.31. The van der Waals surface area contributed by atoms with Crippen LogP contribution in [0.5, 0.6) is 17.5 Å². The van der Waals surface area contributed by atoms with Gasteiger partial charge in [-0.2, -0.15) is 9.98 Å². The molecule has 2 aromatic carbocycles. The quantitative estimate of drug-likeness (QED) is 0.0411. The molecule has 0 aliphatic carbocycles. The Bertz CT molecular complexity index is 1880. The topological polar surface area (TPSA) is 217 Å². The maximum atomic E-state index is 16.4. The fourth-order valence-corrected chi connectivity index (χ4v) is 4.42. The average molecular weight is 743 g/mol. The van der Waals surface area contributed by atoms with Gasteiger partial charge in [0.1, 0.15) is 36.2 Å². The lowest BCUT2D eigenvalue weighted by atomic mass is 10.1. The van der Waals surface area contributed by atoms with Gasteiger partial charge in [0.15, 0.2) is 17.4 Å². The third-order valence-electron chi connectivity index (χ3n) is 6.97. The Morgan fingerprint density at radius 3 is 2.55 bits per heavy atom. The zero-order chi connectivity index (χ0) is 38.4. The van der Waals surface area contributed by atoms with Crippen molar-refractivity contribution in [3.63, 3.8) is 0 Å². The molecule has 2 heterocycles. The molecule has 2 aromatic heterocycles. The fourth-order valence-electron chi connectivity index (χ4n) is 4.42. The largest absolute Gasteiger partial charge is 0.511 e. The number of nitrogens with zero attached hydrogens (tertiary/aromatic N) is 6. The minimum atomic E-state index is -1.41. The molecule has 19 heteroatoms. The van der Waals surface area contributed by atoms with Gasteiger partial charge in [0.05, 0.1) is 20.3 Å². The number of aliphatic hydroxyl groups excluding tert-OH is 1. The van der Waals surface area contributed by atoms with Crippen molar-refractivity contribution in [2.45, 2.75) is 45.6 Å². The van der Waals surface area contributed by atoms with Crippen molar-refractivity contribution < 1.29 is 51.9 Å². The molecule has 0 radical (unpaired) electrons. The number of aromatic nitrogens is 5. The summed E-state index contributed by atoms with van der Waals surface area (Å²) in [6.45, 7) is 2.50. The van der Waals surface area contributed by atoms with Crippen molar-refractivity contribution in [1.29, 1.82) is 0 Å². The van der Waals surface area contributed by atoms with E-state index in [1.807, 2.05) is 6.92 Å². The molecule has 0 bridgehead atoms. The molecule has 0 aliphatic rings. The number of unbranched alkanes of at least 4 members (excludes halogenated alkanes) is 1. The van der Waals surface area contributed by atoms with Crippen LogP contribution in [0.4, 0.5) is 29.7 Å². The van der Waals surface area contributed by atoms with Gasteiger partial charge in [-0.15, -0.1) is 9.78 Å². The number of ether oxygens (including phenoxy) is 6. The van der Waals surface area contributed by atoms with Gasteiger partial charge in [0, 0.05) is 35.6 Å². The number of anilines is 2. The van der Waals surface area contributed by atoms with Gasteiger partial charge in [-0.1, -0.05) is 25.5 Å². The van der Waals surface area contributed by atoms with Crippen LogP contribution in [0.15, 0.2) is 53.8 Å². The summed E-state index contributed by atoms with van der Waals surface area (Å²) in [6, 6.07) is 9.31. The SMILES string of the molecule is CCCCOC(=O)N=C(N)c1ccccc1Nc1c(OC)cc(Cc2nc(OCOC(=O)OC(C)(C)CF)n(-c3ncccn3)n2)c(F)c1OCCO. The Labute approximate surface area is 303 Å². The molecule has 0 saturated carbocycles. The zero-order valence-corrected chi connectivity index (χ0v) is 29.5. The average Bonchev–Trinajstić information content (AvgIpc) is 3.55. The van der Waals surface area contributed by atoms with Crippen molar-refractivity contribution in [1.82, 2.24) is 24.7 Å². The minimum Gasteiger partial charge on any atom is -0.494 e. The summed E-state index contributed by atoms with van der Waals surface area (Å²) in [7, 11) is 1.36. The van der Waals surface area contributed by atoms with Crippen molar-refractivity contribution in [2.75, 3.05) is 45.7 Å². The number of nitrogens with two attached hydrogens (primary N) is 1. The van der Waals surface area contributed by atoms with Gasteiger partial charge in [-0.05, 0) is 44.5 Å². The van der Waals surface area contributed by atoms with E-state index < -0.39 is 43.7 Å². The molecule has 0 saturated heterocycles. The van der Waals surface area contributed by atoms with E-state index in [-0.39, 0.29) is 66.0 Å². The highest BCUT2D eigenvalue weighted by atomic mass is 19.1. The molecule has 1 amide bonds. The van der Waals surface area contributed by atoms with Crippen LogP contribution in [0.25, 0.3) is 5.95 Å². The highest BCUT2D eigenvalue weighted by molar-refractivity contribution is 6.07. The van der Waals surface area contributed by atoms with Crippen molar-refractivity contribution in [3.05, 3.63) is 71.6 Å². The number of hydrogen-bond donors (Lipinski definition) is 3. The standard InChI is InChI=1S/C34H40F2N8O9/c1-5-6-15-50-32(46)42-29(37)22-10-7-8-11-23(22)40-27-24(48-4)17-21(26(36)28(27)49-16-14-45)18-25-41-31(44(43-25)30-38-12-9-13-39-30)51-20-52-33(47)53-34(2,3)19-35/h7-13,17,40,45H,5-6,14-16,18-20H2,1-4H3,(H2,37,42,46). The summed E-state index contributed by atoms with van der Waals surface area (Å²) in [6.07, 6.45) is 2.08. The lowest BCUT2D eigenvalue weighted by molar-refractivity contribution is -0.0520. The summed E-state index contributed by atoms with van der Waals surface area (Å²) >= 11 is 0. The predicted molar refractivity (Wildman–Crippen MR) is 185 cm³/mol. The number of benzene rings is 2. The lowest BCUT2D eigenvalue weighted by Gasteiger charge is -2.20. The number of aliphatic hydroxyl groups is 1. The van der Waals surface area contributed by atoms with Gasteiger partial charge < -0.3 is 44.6 Å². The number of carbonyl (C=O) groups is 2. The smallest absolute Gasteiger partial charge is 0.494 e. The second-order valence-corrected chi connectivity index (χ2v) is 11.6. The fraction of sp³-hybridized carbons (Fsp3) is 0.382. The number of amides is 1. The van der Waals surface area contributed by atoms with E-state index in [0.29, 0.717) is 17.7 Å². The van der Waals surface area contributed by atoms with E-state index >= 15 is 4.39 Å². The Hall–Kier alpha value is -6.11. The molecule has 0 unspecified atom stereocenters. The minimum absolute atomic E-state index is 0.00971. The maximum absolute atomic E-state index is 16.4. The van der Waals surface area contributed by atoms with Crippen molar-refractivity contribution in [3.8, 4) is 23.5 Å². The Morgan fingerprint density at radius 2 is 1.85 bits per heavy atom. The Morgan fingerprint density at radius 1 is 1.09 bits per heavy atom. The first-order valence-electron chi connectivity index (χ1n) is 16.3. The number of nitrogens with one attached hydrogen (secondary N) is 1. The maximum Gasteiger partial charge on any atom is 0.511 e. The van der Waals surface area contributed by atoms with E-state index in [9.17, 15) is 19.1 Å². The molecule has 17 nitrogen and oxygen atoms in total. The van der Waals surface area contributed by atoms with Gasteiger partial charge in [-0.3, -0.25) is 0 Å². The first-order valence-corrected chi connectivity index (χ1v) is 16.3. The number of para-hydroxylation sites is 1. The molecule has 53 heavy (non-hydrogen) atoms. The predicted octanol–water partition coefficient (Wildman–Crippen LogP) is 4.79. The first-order chi connectivity index (χ1) is 25.5. The highest BCUT2D eigenvalue weighted by Gasteiger charge is 2.26. The van der Waals surface area contributed by atoms with Gasteiger partial charge >= 0.3 is 18.3 Å². The number of halogens is 2. The van der Waals surface area contributed by atoms with E-state index in [0.717, 1.165) is 11.1 Å². The van der Waals surface area contributed by atoms with E-state index in [1.165, 1.54) is 39.4 Å². The second-order valence-electron chi connectivity index (χ2n) is 11.6. The molecule has 0 spiro atoms. The number of aliphatic imine (C=N–C) groups is 1. The number of alkyl halides is 1. The van der Waals surface area contributed by atoms with Crippen LogP contribution in [0.1, 0.15) is 50.6 Å². The Balaban J connectivity index is 1.66.